The number of aliphatic hydroxyl groups is 1. The molecule has 54 heavy (non-hydrogen) atoms. The summed E-state index contributed by atoms with van der Waals surface area (Å²) in [6.07, 6.45) is 7.21. The standard InChI is InChI=1S/C14H12O3.2C12H8N2.Cu.NO3.4H2O/c15-13(16)14(17,11-7-3-1-4-8-11)12-9-5-2-6-10-12;2*1-3-9-5-6-10-4-2-8-14-12(10)11(9)13-7-1;;2-1(3)4;;;;/h1-10,17H,(H,15,16);2*1-8H;;;4*1H2/q;;;+2;-1;;;;/p-1. The molecule has 283 valence electrons. The van der Waals surface area contributed by atoms with E-state index < -0.39 is 16.7 Å². The molecule has 4 aromatic carbocycles. The number of aliphatic carboxylic acids is 1. The second kappa shape index (κ2) is 22.4. The van der Waals surface area contributed by atoms with Crippen molar-refractivity contribution in [1.82, 2.24) is 19.9 Å². The molecule has 8 rings (SSSR count). The Morgan fingerprint density at radius 3 is 0.944 bits per heavy atom. The summed E-state index contributed by atoms with van der Waals surface area (Å²) in [7, 11) is 0. The monoisotopic (exact) mass is 784 g/mol. The summed E-state index contributed by atoms with van der Waals surface area (Å²) in [4.78, 5) is 36.9. The fourth-order valence-corrected chi connectivity index (χ4v) is 5.12. The summed E-state index contributed by atoms with van der Waals surface area (Å²) in [6.45, 7) is 0. The van der Waals surface area contributed by atoms with Gasteiger partial charge in [-0.2, -0.15) is 0 Å². The Labute approximate surface area is 318 Å². The molecule has 0 saturated carbocycles. The number of rotatable bonds is 3. The molecule has 0 amide bonds. The summed E-state index contributed by atoms with van der Waals surface area (Å²) < 4.78 is 0. The van der Waals surface area contributed by atoms with Gasteiger partial charge in [-0.3, -0.25) is 19.9 Å². The van der Waals surface area contributed by atoms with E-state index in [2.05, 4.69) is 68.5 Å². The first-order chi connectivity index (χ1) is 23.8. The van der Waals surface area contributed by atoms with Gasteiger partial charge in [0.25, 0.3) is 0 Å². The molecule has 4 aromatic heterocycles. The van der Waals surface area contributed by atoms with Crippen LogP contribution in [0.2, 0.25) is 0 Å². The van der Waals surface area contributed by atoms with E-state index in [0.29, 0.717) is 0 Å². The van der Waals surface area contributed by atoms with Crippen molar-refractivity contribution < 1.29 is 59.1 Å². The first-order valence-corrected chi connectivity index (χ1v) is 14.8. The van der Waals surface area contributed by atoms with Gasteiger partial charge in [-0.1, -0.05) is 109 Å². The fraction of sp³-hybridized carbons (Fsp3) is 0.0263. The summed E-state index contributed by atoms with van der Waals surface area (Å²) in [6, 6.07) is 40.7. The minimum Gasteiger partial charge on any atom is -0.546 e. The normalized spacial score (nSPS) is 9.57. The van der Waals surface area contributed by atoms with Crippen LogP contribution in [0.5, 0.6) is 0 Å². The second-order valence-electron chi connectivity index (χ2n) is 10.4. The summed E-state index contributed by atoms with van der Waals surface area (Å²) in [5, 5.41) is 40.9. The number of hydrogen-bond donors (Lipinski definition) is 1. The molecule has 1 radical (unpaired) electrons. The van der Waals surface area contributed by atoms with E-state index in [-0.39, 0.29) is 50.1 Å². The number of benzene rings is 4. The van der Waals surface area contributed by atoms with Crippen LogP contribution in [0.25, 0.3) is 43.6 Å². The topological polar surface area (TPSA) is 304 Å². The molecule has 4 heterocycles. The van der Waals surface area contributed by atoms with Crippen LogP contribution < -0.4 is 5.11 Å². The molecule has 8 aromatic rings. The molecule has 0 aliphatic heterocycles. The minimum absolute atomic E-state index is 0. The predicted molar refractivity (Wildman–Crippen MR) is 200 cm³/mol. The van der Waals surface area contributed by atoms with E-state index in [1.807, 2.05) is 24.3 Å². The Morgan fingerprint density at radius 2 is 0.722 bits per heavy atom. The third kappa shape index (κ3) is 11.3. The van der Waals surface area contributed by atoms with E-state index >= 15 is 0 Å². The average molecular weight is 785 g/mol. The number of carbonyl (C=O) groups excluding carboxylic acids is 1. The molecular formula is C38H35CuN5O10. The largest absolute Gasteiger partial charge is 2.00 e. The Hall–Kier alpha value is -6.49. The van der Waals surface area contributed by atoms with Crippen molar-refractivity contribution in [3.8, 4) is 0 Å². The second-order valence-corrected chi connectivity index (χ2v) is 10.4. The third-order valence-corrected chi connectivity index (χ3v) is 7.37. The molecule has 16 heteroatoms. The van der Waals surface area contributed by atoms with E-state index in [0.717, 1.165) is 43.6 Å². The van der Waals surface area contributed by atoms with Crippen LogP contribution in [0.15, 0.2) is 158 Å². The number of carboxylic acids is 1. The van der Waals surface area contributed by atoms with Crippen LogP contribution in [0.4, 0.5) is 0 Å². The predicted octanol–water partition coefficient (Wildman–Crippen LogP) is 2.70. The number of pyridine rings is 4. The van der Waals surface area contributed by atoms with Crippen molar-refractivity contribution in [2.24, 2.45) is 0 Å². The van der Waals surface area contributed by atoms with Crippen LogP contribution in [0.3, 0.4) is 0 Å². The van der Waals surface area contributed by atoms with Crippen LogP contribution in [0, 0.1) is 15.3 Å². The number of fused-ring (bicyclic) bond motifs is 6. The van der Waals surface area contributed by atoms with Crippen molar-refractivity contribution in [2.45, 2.75) is 5.60 Å². The van der Waals surface area contributed by atoms with Crippen molar-refractivity contribution in [3.63, 3.8) is 0 Å². The number of hydrogen-bond acceptors (Lipinski definition) is 10. The van der Waals surface area contributed by atoms with Crippen LogP contribution in [-0.2, 0) is 27.5 Å². The molecule has 0 saturated heterocycles. The molecular weight excluding hydrogens is 750 g/mol. The van der Waals surface area contributed by atoms with Gasteiger partial charge in [0.05, 0.1) is 33.1 Å². The van der Waals surface area contributed by atoms with E-state index in [1.165, 1.54) is 0 Å². The molecule has 0 bridgehead atoms. The van der Waals surface area contributed by atoms with Crippen molar-refractivity contribution in [3.05, 3.63) is 185 Å². The zero-order valence-electron chi connectivity index (χ0n) is 28.0. The average Bonchev–Trinajstić information content (AvgIpc) is 3.15. The SMILES string of the molecule is O.O.O.O.O=C([O-])C(O)(c1ccccc1)c1ccccc1.O=[N+]([O-])[O-].[Cu+2].c1cnc2c(c1)ccc1cccnc12.c1cnc2c(c1)ccc1cccnc12. The van der Waals surface area contributed by atoms with Gasteiger partial charge in [-0.25, -0.2) is 0 Å². The first kappa shape index (κ1) is 47.5. The maximum Gasteiger partial charge on any atom is 2.00 e. The minimum atomic E-state index is -2.11. The first-order valence-electron chi connectivity index (χ1n) is 14.8. The molecule has 0 spiro atoms. The zero-order valence-corrected chi connectivity index (χ0v) is 29.0. The third-order valence-electron chi connectivity index (χ3n) is 7.37. The maximum absolute atomic E-state index is 11.3. The van der Waals surface area contributed by atoms with Gasteiger partial charge in [0.15, 0.2) is 5.60 Å². The Kier molecular flexibility index (Phi) is 19.7. The molecule has 0 aliphatic rings. The fourth-order valence-electron chi connectivity index (χ4n) is 5.12. The smallest absolute Gasteiger partial charge is 0.546 e. The van der Waals surface area contributed by atoms with Crippen molar-refractivity contribution >= 4 is 49.6 Å². The Bertz CT molecular complexity index is 2090. The van der Waals surface area contributed by atoms with Gasteiger partial charge in [-0.15, -0.1) is 0 Å². The van der Waals surface area contributed by atoms with Gasteiger partial charge in [-0.05, 0) is 35.4 Å². The van der Waals surface area contributed by atoms with Crippen LogP contribution >= 0.6 is 0 Å². The van der Waals surface area contributed by atoms with Gasteiger partial charge < -0.3 is 52.2 Å². The van der Waals surface area contributed by atoms with Crippen LogP contribution in [-0.4, -0.2) is 58.0 Å². The van der Waals surface area contributed by atoms with E-state index in [4.69, 9.17) is 15.3 Å². The number of carboxylic acid groups (broad SMARTS) is 1. The molecule has 0 atom stereocenters. The van der Waals surface area contributed by atoms with Crippen LogP contribution in [0.1, 0.15) is 11.1 Å². The van der Waals surface area contributed by atoms with Gasteiger partial charge in [0.2, 0.25) is 0 Å². The molecule has 0 unspecified atom stereocenters. The Balaban J connectivity index is 0.000000714. The van der Waals surface area contributed by atoms with Gasteiger partial charge in [0.1, 0.15) is 0 Å². The molecule has 15 nitrogen and oxygen atoms in total. The van der Waals surface area contributed by atoms with Crippen molar-refractivity contribution in [2.75, 3.05) is 0 Å². The van der Waals surface area contributed by atoms with E-state index in [9.17, 15) is 15.0 Å². The number of nitrogens with zero attached hydrogens (tertiary/aromatic N) is 5. The van der Waals surface area contributed by atoms with Gasteiger partial charge >= 0.3 is 17.1 Å². The zero-order chi connectivity index (χ0) is 34.6. The summed E-state index contributed by atoms with van der Waals surface area (Å²) in [5.74, 6) is -1.53. The number of aromatic nitrogens is 4. The quantitative estimate of drug-likeness (QED) is 0.118. The Morgan fingerprint density at radius 1 is 0.481 bits per heavy atom. The molecule has 0 aliphatic carbocycles. The van der Waals surface area contributed by atoms with Crippen molar-refractivity contribution in [1.29, 1.82) is 0 Å². The summed E-state index contributed by atoms with van der Waals surface area (Å²) in [5.41, 5.74) is 2.37. The number of carbonyl (C=O) groups is 1. The maximum atomic E-state index is 11.3. The van der Waals surface area contributed by atoms with Gasteiger partial charge in [0, 0.05) is 46.3 Å². The molecule has 0 fully saturated rings. The van der Waals surface area contributed by atoms with E-state index in [1.54, 1.807) is 85.5 Å². The summed E-state index contributed by atoms with van der Waals surface area (Å²) >= 11 is 0. The molecule has 9 N–H and O–H groups in total.